The third kappa shape index (κ3) is 9.69. The first-order valence-corrected chi connectivity index (χ1v) is 16.8. The van der Waals surface area contributed by atoms with E-state index in [1.54, 1.807) is 45.7 Å². The van der Waals surface area contributed by atoms with E-state index >= 15 is 0 Å². The smallest absolute Gasteiger partial charge is 0.497 e. The summed E-state index contributed by atoms with van der Waals surface area (Å²) in [6, 6.07) is 7.49. The topological polar surface area (TPSA) is 195 Å². The third-order valence-corrected chi connectivity index (χ3v) is 9.01. The number of methoxy groups -OCH3 is 1. The number of carbonyl (C=O) groups is 2. The van der Waals surface area contributed by atoms with E-state index < -0.39 is 57.6 Å². The van der Waals surface area contributed by atoms with Gasteiger partial charge in [-0.15, -0.1) is 0 Å². The Morgan fingerprint density at radius 1 is 1.04 bits per heavy atom. The number of aromatic nitrogens is 4. The Bertz CT molecular complexity index is 1520. The molecule has 0 spiro atoms. The second-order valence-corrected chi connectivity index (χ2v) is 13.9. The molecule has 2 atom stereocenters. The van der Waals surface area contributed by atoms with Gasteiger partial charge in [-0.2, -0.15) is 4.98 Å². The van der Waals surface area contributed by atoms with Gasteiger partial charge in [0.2, 0.25) is 19.5 Å². The van der Waals surface area contributed by atoms with E-state index in [9.17, 15) is 14.2 Å². The number of nitrogen functional groups attached to an aromatic ring is 1. The molecule has 18 heteroatoms. The van der Waals surface area contributed by atoms with E-state index in [2.05, 4.69) is 15.0 Å². The first kappa shape index (κ1) is 35.2. The van der Waals surface area contributed by atoms with E-state index in [0.29, 0.717) is 22.6 Å². The van der Waals surface area contributed by atoms with E-state index in [1.807, 2.05) is 31.2 Å². The van der Waals surface area contributed by atoms with Crippen molar-refractivity contribution in [2.75, 3.05) is 32.8 Å². The van der Waals surface area contributed by atoms with Crippen LogP contribution in [0.1, 0.15) is 41.0 Å². The normalized spacial score (nSPS) is 17.7. The quantitative estimate of drug-likeness (QED) is 0.0849. The Morgan fingerprint density at radius 2 is 1.63 bits per heavy atom. The first-order chi connectivity index (χ1) is 21.8. The van der Waals surface area contributed by atoms with Gasteiger partial charge in [-0.1, -0.05) is 18.7 Å². The minimum atomic E-state index is -4.15. The monoisotopic (exact) mass is 683 g/mol. The summed E-state index contributed by atoms with van der Waals surface area (Å²) in [6.07, 6.45) is -1.25. The summed E-state index contributed by atoms with van der Waals surface area (Å²) >= 11 is 1.38. The number of hydrogen-bond donors (Lipinski definition) is 1. The number of imidazole rings is 1. The lowest BCUT2D eigenvalue weighted by molar-refractivity contribution is -0.0405. The van der Waals surface area contributed by atoms with Crippen LogP contribution >= 0.6 is 19.4 Å². The van der Waals surface area contributed by atoms with Gasteiger partial charge in [0.15, 0.2) is 5.65 Å². The van der Waals surface area contributed by atoms with Gasteiger partial charge in [-0.3, -0.25) is 13.6 Å². The van der Waals surface area contributed by atoms with E-state index in [0.717, 1.165) is 10.6 Å². The molecule has 1 saturated carbocycles. The zero-order chi connectivity index (χ0) is 33.5. The van der Waals surface area contributed by atoms with Gasteiger partial charge in [0, 0.05) is 4.90 Å². The zero-order valence-electron chi connectivity index (χ0n) is 26.4. The molecule has 1 fully saturated rings. The second kappa shape index (κ2) is 15.3. The number of anilines is 1. The summed E-state index contributed by atoms with van der Waals surface area (Å²) in [5.74, 6) is 0.843. The van der Waals surface area contributed by atoms with Crippen molar-refractivity contribution in [3.05, 3.63) is 30.6 Å². The van der Waals surface area contributed by atoms with Crippen LogP contribution in [0.5, 0.6) is 5.75 Å². The maximum atomic E-state index is 13.6. The zero-order valence-corrected chi connectivity index (χ0v) is 28.1. The summed E-state index contributed by atoms with van der Waals surface area (Å²) in [5.41, 5.74) is 6.32. The van der Waals surface area contributed by atoms with Gasteiger partial charge in [-0.25, -0.2) is 19.6 Å². The molecule has 1 aromatic carbocycles. The molecule has 16 nitrogen and oxygen atoms in total. The van der Waals surface area contributed by atoms with Crippen molar-refractivity contribution in [2.45, 2.75) is 75.3 Å². The summed E-state index contributed by atoms with van der Waals surface area (Å²) in [5, 5.41) is 0.573. The van der Waals surface area contributed by atoms with Gasteiger partial charge >= 0.3 is 19.9 Å². The average Bonchev–Trinajstić information content (AvgIpc) is 3.44. The van der Waals surface area contributed by atoms with Crippen molar-refractivity contribution < 1.29 is 51.6 Å². The van der Waals surface area contributed by atoms with Gasteiger partial charge in [0.25, 0.3) is 0 Å². The number of nitrogens with zero attached hydrogens (tertiary/aromatic N) is 4. The van der Waals surface area contributed by atoms with Crippen LogP contribution in [0.15, 0.2) is 40.5 Å². The molecule has 46 heavy (non-hydrogen) atoms. The maximum absolute atomic E-state index is 13.6. The van der Waals surface area contributed by atoms with Gasteiger partial charge < -0.3 is 38.7 Å². The minimum absolute atomic E-state index is 0.0419. The molecule has 0 bridgehead atoms. The molecule has 0 amide bonds. The van der Waals surface area contributed by atoms with Crippen LogP contribution in [0.4, 0.5) is 15.5 Å². The number of benzene rings is 1. The second-order valence-electron chi connectivity index (χ2n) is 10.9. The molecule has 4 rings (SSSR count). The Morgan fingerprint density at radius 3 is 2.15 bits per heavy atom. The fraction of sp³-hybridized carbons (Fsp3) is 0.536. The molecule has 252 valence electrons. The Labute approximate surface area is 270 Å². The van der Waals surface area contributed by atoms with Crippen molar-refractivity contribution in [3.8, 4) is 5.75 Å². The standard InChI is InChI=1S/C28H38N5O11PS/c1-17(2)43-26(34)38-14-41-45(36,42-15-39-27(35)44-18(3)4)16-40-28(11-19(28)5)12-33-13-30-22-23(33)31-25(29)32-24(22)46-21-9-7-20(37-6)8-10-21/h7-10,13,17-19H,11-12,14-16H2,1-6H3,(H2,29,31,32). The Kier molecular flexibility index (Phi) is 11.7. The Hall–Kier alpha value is -3.63. The molecule has 1 aliphatic rings. The Balaban J connectivity index is 1.46. The highest BCUT2D eigenvalue weighted by Gasteiger charge is 2.54. The number of rotatable bonds is 16. The third-order valence-electron chi connectivity index (χ3n) is 6.58. The SMILES string of the molecule is COc1ccc(Sc2nc(N)nc3c2ncn3CC2(OCP(=O)(OCOC(=O)OC(C)C)OCOC(=O)OC(C)C)CC2C)cc1. The van der Waals surface area contributed by atoms with Gasteiger partial charge in [0.1, 0.15) is 22.6 Å². The van der Waals surface area contributed by atoms with Crippen molar-refractivity contribution in [3.63, 3.8) is 0 Å². The van der Waals surface area contributed by atoms with Gasteiger partial charge in [0.05, 0.1) is 37.8 Å². The van der Waals surface area contributed by atoms with E-state index in [4.69, 9.17) is 43.2 Å². The van der Waals surface area contributed by atoms with Crippen LogP contribution < -0.4 is 10.5 Å². The summed E-state index contributed by atoms with van der Waals surface area (Å²) in [6.45, 7) is 7.27. The molecule has 2 aromatic heterocycles. The molecule has 2 N–H and O–H groups in total. The predicted molar refractivity (Wildman–Crippen MR) is 164 cm³/mol. The molecular formula is C28H38N5O11PS. The van der Waals surface area contributed by atoms with Crippen LogP contribution in [0.3, 0.4) is 0 Å². The van der Waals surface area contributed by atoms with Crippen LogP contribution in [-0.2, 0) is 43.8 Å². The van der Waals surface area contributed by atoms with Crippen molar-refractivity contribution >= 4 is 48.8 Å². The fourth-order valence-corrected chi connectivity index (χ4v) is 6.11. The lowest BCUT2D eigenvalue weighted by atomic mass is 10.2. The number of fused-ring (bicyclic) bond motifs is 1. The van der Waals surface area contributed by atoms with Crippen LogP contribution in [-0.4, -0.2) is 76.7 Å². The van der Waals surface area contributed by atoms with Crippen molar-refractivity contribution in [1.82, 2.24) is 19.5 Å². The summed E-state index contributed by atoms with van der Waals surface area (Å²) in [4.78, 5) is 37.8. The molecule has 3 aromatic rings. The van der Waals surface area contributed by atoms with Crippen LogP contribution in [0.2, 0.25) is 0 Å². The number of hydrogen-bond acceptors (Lipinski definition) is 16. The fourth-order valence-electron chi connectivity index (χ4n) is 4.17. The van der Waals surface area contributed by atoms with Crippen LogP contribution in [0, 0.1) is 5.92 Å². The molecule has 0 saturated heterocycles. The highest BCUT2D eigenvalue weighted by atomic mass is 32.2. The van der Waals surface area contributed by atoms with E-state index in [1.165, 1.54) is 11.8 Å². The summed E-state index contributed by atoms with van der Waals surface area (Å²) in [7, 11) is -2.55. The lowest BCUT2D eigenvalue weighted by Gasteiger charge is -2.23. The molecule has 1 aliphatic carbocycles. The molecule has 2 heterocycles. The lowest BCUT2D eigenvalue weighted by Crippen LogP contribution is -2.26. The number of carbonyl (C=O) groups excluding carboxylic acids is 2. The highest BCUT2D eigenvalue weighted by molar-refractivity contribution is 7.99. The first-order valence-electron chi connectivity index (χ1n) is 14.3. The van der Waals surface area contributed by atoms with Crippen molar-refractivity contribution in [2.24, 2.45) is 5.92 Å². The largest absolute Gasteiger partial charge is 0.510 e. The maximum Gasteiger partial charge on any atom is 0.510 e. The number of nitrogens with two attached hydrogens (primary N) is 1. The summed E-state index contributed by atoms with van der Waals surface area (Å²) < 4.78 is 56.8. The molecule has 2 unspecified atom stereocenters. The average molecular weight is 684 g/mol. The minimum Gasteiger partial charge on any atom is -0.497 e. The number of ether oxygens (including phenoxy) is 6. The molecular weight excluding hydrogens is 645 g/mol. The molecule has 0 aliphatic heterocycles. The van der Waals surface area contributed by atoms with Crippen LogP contribution in [0.25, 0.3) is 11.2 Å². The predicted octanol–water partition coefficient (Wildman–Crippen LogP) is 5.59. The van der Waals surface area contributed by atoms with Gasteiger partial charge in [-0.05, 0) is 64.3 Å². The van der Waals surface area contributed by atoms with Crippen molar-refractivity contribution in [1.29, 1.82) is 0 Å². The highest BCUT2D eigenvalue weighted by Crippen LogP contribution is 2.54. The van der Waals surface area contributed by atoms with E-state index in [-0.39, 0.29) is 18.4 Å². The molecule has 0 radical (unpaired) electrons.